The van der Waals surface area contributed by atoms with Gasteiger partial charge in [0.15, 0.2) is 0 Å². The molecule has 5 aromatic rings. The Labute approximate surface area is 205 Å². The predicted molar refractivity (Wildman–Crippen MR) is 134 cm³/mol. The van der Waals surface area contributed by atoms with Crippen LogP contribution in [0.15, 0.2) is 83.8 Å². The van der Waals surface area contributed by atoms with E-state index in [1.54, 1.807) is 66.7 Å². The van der Waals surface area contributed by atoms with E-state index in [1.165, 1.54) is 6.07 Å². The van der Waals surface area contributed by atoms with Gasteiger partial charge in [-0.05, 0) is 58.8 Å². The molecule has 0 aliphatic heterocycles. The third kappa shape index (κ3) is 4.55. The molecule has 35 heavy (non-hydrogen) atoms. The van der Waals surface area contributed by atoms with E-state index in [2.05, 4.69) is 24.9 Å². The third-order valence-corrected chi connectivity index (χ3v) is 7.41. The minimum Gasteiger partial charge on any atom is -0.348 e. The smallest absolute Gasteiger partial charge is 0.264 e. The zero-order chi connectivity index (χ0) is 24.4. The van der Waals surface area contributed by atoms with E-state index in [0.29, 0.717) is 45.2 Å². The van der Waals surface area contributed by atoms with Gasteiger partial charge < -0.3 is 5.32 Å². The van der Waals surface area contributed by atoms with E-state index in [9.17, 15) is 13.2 Å². The summed E-state index contributed by atoms with van der Waals surface area (Å²) in [5, 5.41) is 13.2. The van der Waals surface area contributed by atoms with Crippen LogP contribution in [0.25, 0.3) is 21.8 Å². The maximum atomic E-state index is 13.0. The van der Waals surface area contributed by atoms with Crippen molar-refractivity contribution in [3.63, 3.8) is 0 Å². The van der Waals surface area contributed by atoms with Crippen LogP contribution in [0, 0.1) is 11.3 Å². The molecule has 8 nitrogen and oxygen atoms in total. The average molecular weight is 500 g/mol. The first-order chi connectivity index (χ1) is 16.9. The molecule has 0 fully saturated rings. The number of carbonyl (C=O) groups excluding carboxylic acids is 1. The Morgan fingerprint density at radius 3 is 2.57 bits per heavy atom. The second-order valence-corrected chi connectivity index (χ2v) is 9.91. The predicted octanol–water partition coefficient (Wildman–Crippen LogP) is 4.45. The minimum atomic E-state index is -3.89. The topological polar surface area (TPSA) is 125 Å². The number of nitrogens with zero attached hydrogens (tertiary/aromatic N) is 3. The summed E-state index contributed by atoms with van der Waals surface area (Å²) >= 11 is 0.957. The highest BCUT2D eigenvalue weighted by atomic mass is 32.2. The summed E-state index contributed by atoms with van der Waals surface area (Å²) in [6, 6.07) is 24.2. The highest BCUT2D eigenvalue weighted by Gasteiger charge is 2.20. The fourth-order valence-electron chi connectivity index (χ4n) is 3.73. The molecule has 1 amide bonds. The molecule has 0 saturated carbocycles. The monoisotopic (exact) mass is 499 g/mol. The van der Waals surface area contributed by atoms with E-state index in [0.717, 1.165) is 17.3 Å². The van der Waals surface area contributed by atoms with Gasteiger partial charge in [-0.15, -0.1) is 0 Å². The first-order valence-corrected chi connectivity index (χ1v) is 12.7. The van der Waals surface area contributed by atoms with Gasteiger partial charge in [0.25, 0.3) is 15.9 Å². The number of benzene rings is 4. The molecule has 172 valence electrons. The lowest BCUT2D eigenvalue weighted by Gasteiger charge is -2.11. The van der Waals surface area contributed by atoms with Crippen LogP contribution in [-0.2, 0) is 16.6 Å². The number of carbonyl (C=O) groups is 1. The molecule has 0 bridgehead atoms. The van der Waals surface area contributed by atoms with E-state index >= 15 is 0 Å². The van der Waals surface area contributed by atoms with Crippen molar-refractivity contribution in [1.29, 1.82) is 5.26 Å². The third-order valence-electron chi connectivity index (χ3n) is 5.45. The molecule has 0 unspecified atom stereocenters. The van der Waals surface area contributed by atoms with Crippen LogP contribution in [0.2, 0.25) is 0 Å². The van der Waals surface area contributed by atoms with Crippen LogP contribution in [0.5, 0.6) is 0 Å². The van der Waals surface area contributed by atoms with Crippen LogP contribution >= 0.6 is 11.7 Å². The van der Waals surface area contributed by atoms with E-state index < -0.39 is 10.0 Å². The van der Waals surface area contributed by atoms with Crippen LogP contribution in [0.4, 0.5) is 5.69 Å². The van der Waals surface area contributed by atoms with Crippen molar-refractivity contribution in [2.75, 3.05) is 4.72 Å². The van der Waals surface area contributed by atoms with Crippen LogP contribution in [0.1, 0.15) is 21.5 Å². The highest BCUT2D eigenvalue weighted by Crippen LogP contribution is 2.27. The number of sulfonamides is 1. The van der Waals surface area contributed by atoms with Gasteiger partial charge in [0.05, 0.1) is 23.4 Å². The molecule has 1 aromatic heterocycles. The number of rotatable bonds is 6. The number of anilines is 1. The normalized spacial score (nSPS) is 11.3. The summed E-state index contributed by atoms with van der Waals surface area (Å²) in [7, 11) is -3.89. The lowest BCUT2D eigenvalue weighted by atomic mass is 10.0. The Bertz CT molecular complexity index is 1720. The van der Waals surface area contributed by atoms with Crippen molar-refractivity contribution in [3.8, 4) is 6.07 Å². The Morgan fingerprint density at radius 2 is 1.77 bits per heavy atom. The van der Waals surface area contributed by atoms with E-state index in [1.807, 2.05) is 6.07 Å². The number of fused-ring (bicyclic) bond motifs is 2. The average Bonchev–Trinajstić information content (AvgIpc) is 3.36. The van der Waals surface area contributed by atoms with Gasteiger partial charge in [-0.2, -0.15) is 14.0 Å². The van der Waals surface area contributed by atoms with Crippen molar-refractivity contribution in [1.82, 2.24) is 14.1 Å². The summed E-state index contributed by atoms with van der Waals surface area (Å²) < 4.78 is 36.9. The van der Waals surface area contributed by atoms with Gasteiger partial charge in [0.2, 0.25) is 0 Å². The zero-order valence-electron chi connectivity index (χ0n) is 18.1. The molecule has 10 heteroatoms. The first kappa shape index (κ1) is 22.5. The Kier molecular flexibility index (Phi) is 5.86. The lowest BCUT2D eigenvalue weighted by Crippen LogP contribution is -2.23. The first-order valence-electron chi connectivity index (χ1n) is 10.5. The van der Waals surface area contributed by atoms with Crippen molar-refractivity contribution < 1.29 is 13.2 Å². The molecule has 4 aromatic carbocycles. The van der Waals surface area contributed by atoms with Gasteiger partial charge in [-0.25, -0.2) is 8.42 Å². The Morgan fingerprint density at radius 1 is 0.971 bits per heavy atom. The Balaban J connectivity index is 1.38. The van der Waals surface area contributed by atoms with Crippen LogP contribution < -0.4 is 10.0 Å². The number of amides is 1. The molecule has 5 rings (SSSR count). The van der Waals surface area contributed by atoms with E-state index in [-0.39, 0.29) is 10.8 Å². The van der Waals surface area contributed by atoms with Gasteiger partial charge >= 0.3 is 0 Å². The SMILES string of the molecule is N#Cc1ccc(CNC(=O)c2cccc3cc(NS(=O)(=O)c4cccc5nsnc45)ccc23)cc1. The molecule has 0 aliphatic carbocycles. The van der Waals surface area contributed by atoms with Crippen molar-refractivity contribution in [2.24, 2.45) is 0 Å². The summed E-state index contributed by atoms with van der Waals surface area (Å²) in [5.41, 5.74) is 3.12. The largest absolute Gasteiger partial charge is 0.348 e. The summed E-state index contributed by atoms with van der Waals surface area (Å²) in [6.45, 7) is 0.315. The number of hydrogen-bond acceptors (Lipinski definition) is 7. The molecule has 0 spiro atoms. The Hall–Kier alpha value is -4.33. The van der Waals surface area contributed by atoms with Crippen molar-refractivity contribution in [3.05, 3.63) is 95.6 Å². The fraction of sp³-hybridized carbons (Fsp3) is 0.0400. The maximum absolute atomic E-state index is 13.0. The summed E-state index contributed by atoms with van der Waals surface area (Å²) in [6.07, 6.45) is 0. The van der Waals surface area contributed by atoms with Gasteiger partial charge in [0, 0.05) is 17.8 Å². The van der Waals surface area contributed by atoms with Crippen LogP contribution in [0.3, 0.4) is 0 Å². The number of nitrogens with one attached hydrogen (secondary N) is 2. The van der Waals surface area contributed by atoms with Gasteiger partial charge in [-0.1, -0.05) is 36.4 Å². The number of nitriles is 1. The molecule has 0 atom stereocenters. The van der Waals surface area contributed by atoms with Crippen LogP contribution in [-0.4, -0.2) is 23.1 Å². The van der Waals surface area contributed by atoms with E-state index in [4.69, 9.17) is 5.26 Å². The zero-order valence-corrected chi connectivity index (χ0v) is 19.7. The number of hydrogen-bond donors (Lipinski definition) is 2. The number of aromatic nitrogens is 2. The minimum absolute atomic E-state index is 0.0553. The molecule has 0 radical (unpaired) electrons. The second kappa shape index (κ2) is 9.13. The molecule has 1 heterocycles. The summed E-state index contributed by atoms with van der Waals surface area (Å²) in [5.74, 6) is -0.254. The molecular weight excluding hydrogens is 482 g/mol. The second-order valence-electron chi connectivity index (χ2n) is 7.73. The lowest BCUT2D eigenvalue weighted by molar-refractivity contribution is 0.0952. The molecule has 0 aliphatic rings. The standard InChI is InChI=1S/C25H17N5O3S2/c26-14-16-7-9-17(10-8-16)15-27-25(31)21-4-1-3-18-13-19(11-12-20(18)21)30-35(32,33)23-6-2-5-22-24(23)29-34-28-22/h1-13,30H,15H2,(H,27,31). The molecule has 2 N–H and O–H groups in total. The molecular formula is C25H17N5O3S2. The van der Waals surface area contributed by atoms with Crippen molar-refractivity contribution in [2.45, 2.75) is 11.4 Å². The van der Waals surface area contributed by atoms with Gasteiger partial charge in [0.1, 0.15) is 15.9 Å². The molecule has 0 saturated heterocycles. The highest BCUT2D eigenvalue weighted by molar-refractivity contribution is 7.93. The quantitative estimate of drug-likeness (QED) is 0.356. The maximum Gasteiger partial charge on any atom is 0.264 e. The fourth-order valence-corrected chi connectivity index (χ4v) is 5.55. The van der Waals surface area contributed by atoms with Crippen molar-refractivity contribution >= 4 is 55.2 Å². The summed E-state index contributed by atoms with van der Waals surface area (Å²) in [4.78, 5) is 12.9. The van der Waals surface area contributed by atoms with Gasteiger partial charge in [-0.3, -0.25) is 9.52 Å².